The van der Waals surface area contributed by atoms with Gasteiger partial charge in [0.1, 0.15) is 0 Å². The van der Waals surface area contributed by atoms with Crippen molar-refractivity contribution < 1.29 is 4.79 Å². The van der Waals surface area contributed by atoms with Crippen molar-refractivity contribution in [3.8, 4) is 0 Å². The molecule has 1 aromatic heterocycles. The van der Waals surface area contributed by atoms with Crippen LogP contribution in [0.5, 0.6) is 0 Å². The molecule has 138 valence electrons. The van der Waals surface area contributed by atoms with Crippen LogP contribution in [0.15, 0.2) is 89.0 Å². The number of halogens is 1. The number of rotatable bonds is 4. The number of pyridine rings is 1. The second-order valence-corrected chi connectivity index (χ2v) is 7.58. The number of aromatic nitrogens is 1. The fourth-order valence-corrected chi connectivity index (χ4v) is 3.85. The zero-order valence-corrected chi connectivity index (χ0v) is 16.4. The highest BCUT2D eigenvalue weighted by atomic mass is 35.5. The van der Waals surface area contributed by atoms with Crippen LogP contribution in [0.25, 0.3) is 6.08 Å². The number of amides is 1. The van der Waals surface area contributed by atoms with E-state index in [4.69, 9.17) is 16.6 Å². The maximum Gasteiger partial charge on any atom is 0.267 e. The molecule has 0 unspecified atom stereocenters. The second kappa shape index (κ2) is 8.42. The molecule has 0 N–H and O–H groups in total. The molecule has 0 spiro atoms. The predicted octanol–water partition coefficient (Wildman–Crippen LogP) is 5.54. The van der Waals surface area contributed by atoms with E-state index in [1.54, 1.807) is 17.3 Å². The summed E-state index contributed by atoms with van der Waals surface area (Å²) in [6, 6.07) is 20.8. The van der Waals surface area contributed by atoms with Crippen molar-refractivity contribution in [3.05, 3.63) is 100 Å². The molecule has 0 radical (unpaired) electrons. The van der Waals surface area contributed by atoms with Gasteiger partial charge in [0.15, 0.2) is 5.17 Å². The summed E-state index contributed by atoms with van der Waals surface area (Å²) < 4.78 is 0. The number of carbonyl (C=O) groups excluding carboxylic acids is 1. The van der Waals surface area contributed by atoms with Crippen molar-refractivity contribution in [1.29, 1.82) is 0 Å². The molecule has 4 nitrogen and oxygen atoms in total. The number of amidine groups is 1. The van der Waals surface area contributed by atoms with E-state index in [0.29, 0.717) is 21.6 Å². The Balaban J connectivity index is 1.69. The van der Waals surface area contributed by atoms with Crippen molar-refractivity contribution in [3.63, 3.8) is 0 Å². The minimum absolute atomic E-state index is 0.0635. The van der Waals surface area contributed by atoms with Crippen molar-refractivity contribution in [1.82, 2.24) is 9.88 Å². The molecule has 4 rings (SSSR count). The third-order valence-corrected chi connectivity index (χ3v) is 5.39. The summed E-state index contributed by atoms with van der Waals surface area (Å²) in [6.07, 6.45) is 5.32. The molecule has 0 saturated carbocycles. The lowest BCUT2D eigenvalue weighted by Crippen LogP contribution is -2.28. The Morgan fingerprint density at radius 1 is 1.00 bits per heavy atom. The van der Waals surface area contributed by atoms with Crippen LogP contribution in [0.2, 0.25) is 5.02 Å². The maximum atomic E-state index is 13.1. The topological polar surface area (TPSA) is 45.6 Å². The van der Waals surface area contributed by atoms with Crippen molar-refractivity contribution in [2.24, 2.45) is 4.99 Å². The average molecular weight is 406 g/mol. The van der Waals surface area contributed by atoms with E-state index >= 15 is 0 Å². The van der Waals surface area contributed by atoms with Gasteiger partial charge in [-0.2, -0.15) is 0 Å². The summed E-state index contributed by atoms with van der Waals surface area (Å²) in [6.45, 7) is 0.442. The van der Waals surface area contributed by atoms with E-state index in [9.17, 15) is 4.79 Å². The largest absolute Gasteiger partial charge is 0.282 e. The van der Waals surface area contributed by atoms with Crippen LogP contribution in [-0.4, -0.2) is 21.0 Å². The molecular formula is C22H16ClN3OS. The monoisotopic (exact) mass is 405 g/mol. The van der Waals surface area contributed by atoms with Crippen LogP contribution >= 0.6 is 23.4 Å². The van der Waals surface area contributed by atoms with Gasteiger partial charge in [-0.3, -0.25) is 14.7 Å². The molecule has 28 heavy (non-hydrogen) atoms. The molecule has 1 fully saturated rings. The smallest absolute Gasteiger partial charge is 0.267 e. The van der Waals surface area contributed by atoms with Crippen molar-refractivity contribution in [2.45, 2.75) is 6.54 Å². The van der Waals surface area contributed by atoms with E-state index in [0.717, 1.165) is 16.8 Å². The lowest BCUT2D eigenvalue weighted by Gasteiger charge is -2.15. The summed E-state index contributed by atoms with van der Waals surface area (Å²) >= 11 is 7.34. The Kier molecular flexibility index (Phi) is 5.55. The van der Waals surface area contributed by atoms with Gasteiger partial charge in [0.25, 0.3) is 5.91 Å². The van der Waals surface area contributed by atoms with E-state index in [2.05, 4.69) is 4.98 Å². The number of hydrogen-bond donors (Lipinski definition) is 0. The standard InChI is InChI=1S/C22H16ClN3OS/c23-18-8-6-16(7-9-18)14-20-21(27)26(15-17-10-12-24-13-11-17)22(28-20)25-19-4-2-1-3-5-19/h1-14H,15H2/b20-14+,25-22?. The van der Waals surface area contributed by atoms with Crippen LogP contribution in [0.1, 0.15) is 11.1 Å². The first kappa shape index (κ1) is 18.5. The van der Waals surface area contributed by atoms with Gasteiger partial charge in [0.2, 0.25) is 0 Å². The van der Waals surface area contributed by atoms with Gasteiger partial charge in [0, 0.05) is 17.4 Å². The molecule has 1 aliphatic rings. The molecule has 0 atom stereocenters. The molecule has 3 aromatic rings. The highest BCUT2D eigenvalue weighted by Gasteiger charge is 2.33. The quantitative estimate of drug-likeness (QED) is 0.535. The molecule has 1 saturated heterocycles. The van der Waals surface area contributed by atoms with Crippen LogP contribution in [-0.2, 0) is 11.3 Å². The molecule has 0 bridgehead atoms. The third-order valence-electron chi connectivity index (χ3n) is 4.13. The fourth-order valence-electron chi connectivity index (χ4n) is 2.72. The number of para-hydroxylation sites is 1. The number of nitrogens with zero attached hydrogens (tertiary/aromatic N) is 3. The van der Waals surface area contributed by atoms with E-state index in [-0.39, 0.29) is 5.91 Å². The van der Waals surface area contributed by atoms with E-state index < -0.39 is 0 Å². The predicted molar refractivity (Wildman–Crippen MR) is 115 cm³/mol. The molecular weight excluding hydrogens is 390 g/mol. The number of aliphatic imine (C=N–C) groups is 1. The summed E-state index contributed by atoms with van der Waals surface area (Å²) in [5, 5.41) is 1.33. The Bertz CT molecular complexity index is 1030. The zero-order valence-electron chi connectivity index (χ0n) is 14.8. The normalized spacial score (nSPS) is 16.9. The van der Waals surface area contributed by atoms with Crippen LogP contribution < -0.4 is 0 Å². The van der Waals surface area contributed by atoms with Crippen LogP contribution in [0.4, 0.5) is 5.69 Å². The first-order chi connectivity index (χ1) is 13.7. The zero-order chi connectivity index (χ0) is 19.3. The highest BCUT2D eigenvalue weighted by molar-refractivity contribution is 8.18. The maximum absolute atomic E-state index is 13.1. The van der Waals surface area contributed by atoms with Gasteiger partial charge in [-0.25, -0.2) is 4.99 Å². The first-order valence-corrected chi connectivity index (χ1v) is 9.88. The van der Waals surface area contributed by atoms with Crippen molar-refractivity contribution >= 4 is 46.2 Å². The van der Waals surface area contributed by atoms with Crippen LogP contribution in [0, 0.1) is 0 Å². The van der Waals surface area contributed by atoms with Crippen molar-refractivity contribution in [2.75, 3.05) is 0 Å². The van der Waals surface area contributed by atoms with Gasteiger partial charge in [-0.15, -0.1) is 0 Å². The molecule has 1 aliphatic heterocycles. The van der Waals surface area contributed by atoms with Gasteiger partial charge in [0.05, 0.1) is 17.1 Å². The second-order valence-electron chi connectivity index (χ2n) is 6.14. The van der Waals surface area contributed by atoms with Gasteiger partial charge in [-0.05, 0) is 65.4 Å². The fraction of sp³-hybridized carbons (Fsp3) is 0.0455. The minimum Gasteiger partial charge on any atom is -0.282 e. The first-order valence-electron chi connectivity index (χ1n) is 8.69. The Hall–Kier alpha value is -2.89. The summed E-state index contributed by atoms with van der Waals surface area (Å²) in [5.41, 5.74) is 2.73. The Morgan fingerprint density at radius 2 is 1.71 bits per heavy atom. The van der Waals surface area contributed by atoms with Gasteiger partial charge >= 0.3 is 0 Å². The average Bonchev–Trinajstić information content (AvgIpc) is 3.00. The summed E-state index contributed by atoms with van der Waals surface area (Å²) in [7, 11) is 0. The molecule has 6 heteroatoms. The molecule has 0 aliphatic carbocycles. The Labute approximate surface area is 172 Å². The number of carbonyl (C=O) groups is 1. The summed E-state index contributed by atoms with van der Waals surface area (Å²) in [4.78, 5) is 24.2. The van der Waals surface area contributed by atoms with E-state index in [1.165, 1.54) is 11.8 Å². The molecule has 2 heterocycles. The third kappa shape index (κ3) is 4.32. The van der Waals surface area contributed by atoms with E-state index in [1.807, 2.05) is 72.8 Å². The van der Waals surface area contributed by atoms with Gasteiger partial charge in [-0.1, -0.05) is 41.9 Å². The minimum atomic E-state index is -0.0635. The van der Waals surface area contributed by atoms with Crippen LogP contribution in [0.3, 0.4) is 0 Å². The Morgan fingerprint density at radius 3 is 2.43 bits per heavy atom. The number of hydrogen-bond acceptors (Lipinski definition) is 4. The number of benzene rings is 2. The highest BCUT2D eigenvalue weighted by Crippen LogP contribution is 2.35. The lowest BCUT2D eigenvalue weighted by atomic mass is 10.2. The number of thioether (sulfide) groups is 1. The lowest BCUT2D eigenvalue weighted by molar-refractivity contribution is -0.122. The molecule has 2 aromatic carbocycles. The van der Waals surface area contributed by atoms with Gasteiger partial charge < -0.3 is 0 Å². The SMILES string of the molecule is O=C1/C(=C\c2ccc(Cl)cc2)SC(=Nc2ccccc2)N1Cc1ccncc1. The summed E-state index contributed by atoms with van der Waals surface area (Å²) in [5.74, 6) is -0.0635. The molecule has 1 amide bonds.